The van der Waals surface area contributed by atoms with E-state index in [9.17, 15) is 13.0 Å². The second kappa shape index (κ2) is 12.6. The summed E-state index contributed by atoms with van der Waals surface area (Å²) in [6.45, 7) is 0. The molecule has 0 radical (unpaired) electrons. The number of aromatic nitrogens is 4. The van der Waals surface area contributed by atoms with E-state index >= 15 is 0 Å². The van der Waals surface area contributed by atoms with E-state index in [0.717, 1.165) is 66.6 Å². The Hall–Kier alpha value is -6.61. The number of benzene rings is 4. The molecule has 8 heteroatoms. The first-order valence-electron chi connectivity index (χ1n) is 16.9. The molecule has 0 atom stereocenters. The zero-order valence-electron chi connectivity index (χ0n) is 27.8. The average Bonchev–Trinajstić information content (AvgIpc) is 4.00. The van der Waals surface area contributed by atoms with Crippen LogP contribution in [0, 0.1) is 0 Å². The van der Waals surface area contributed by atoms with Gasteiger partial charge in [0.1, 0.15) is 4.91 Å². The van der Waals surface area contributed by atoms with E-state index in [2.05, 4.69) is 50.3 Å². The zero-order chi connectivity index (χ0) is 35.2. The van der Waals surface area contributed by atoms with E-state index in [-0.39, 0.29) is 15.9 Å². The number of hydrogen-bond donors (Lipinski definition) is 5. The van der Waals surface area contributed by atoms with Crippen LogP contribution in [0.25, 0.3) is 32.8 Å². The van der Waals surface area contributed by atoms with Crippen LogP contribution in [0.4, 0.5) is 0 Å². The Kier molecular flexibility index (Phi) is 7.61. The molecule has 7 nitrogen and oxygen atoms in total. The van der Waals surface area contributed by atoms with Crippen LogP contribution in [0.2, 0.25) is 0 Å². The van der Waals surface area contributed by atoms with Gasteiger partial charge < -0.3 is 19.9 Å². The molecule has 52 heavy (non-hydrogen) atoms. The summed E-state index contributed by atoms with van der Waals surface area (Å²) in [6, 6.07) is 53.7. The Bertz CT molecular complexity index is 2960. The minimum atomic E-state index is -4.75. The SMILES string of the molecule is O=S(=O)(O)/C1=c2\cc/c([nH]2)=C(\c2ccccc2)c2ccc([nH]2)/C(c2ccccc2)=c2/cc/c([nH]2)=C(\c2ccccc2)c2[nH]c1cc2-c1ccccc1. The van der Waals surface area contributed by atoms with E-state index in [0.29, 0.717) is 11.0 Å². The summed E-state index contributed by atoms with van der Waals surface area (Å²) in [7, 11) is -4.75. The average molecular weight is 697 g/mol. The molecule has 0 aliphatic carbocycles. The van der Waals surface area contributed by atoms with Crippen molar-refractivity contribution < 1.29 is 13.0 Å². The molecule has 5 heterocycles. The first-order chi connectivity index (χ1) is 25.4. The van der Waals surface area contributed by atoms with E-state index in [4.69, 9.17) is 0 Å². The minimum absolute atomic E-state index is 0.247. The van der Waals surface area contributed by atoms with Gasteiger partial charge in [0, 0.05) is 49.7 Å². The van der Waals surface area contributed by atoms with Gasteiger partial charge in [0.25, 0.3) is 10.1 Å². The number of H-pyrrole nitrogens is 4. The minimum Gasteiger partial charge on any atom is -0.354 e. The van der Waals surface area contributed by atoms with E-state index in [1.807, 2.05) is 121 Å². The Balaban J connectivity index is 1.50. The summed E-state index contributed by atoms with van der Waals surface area (Å²) in [4.78, 5) is 14.0. The molecule has 9 rings (SSSR count). The third-order valence-corrected chi connectivity index (χ3v) is 10.4. The maximum absolute atomic E-state index is 13.4. The molecule has 0 spiro atoms. The Morgan fingerprint density at radius 1 is 0.385 bits per heavy atom. The highest BCUT2D eigenvalue weighted by Gasteiger charge is 2.25. The highest BCUT2D eigenvalue weighted by Crippen LogP contribution is 2.34. The zero-order valence-corrected chi connectivity index (χ0v) is 28.6. The molecule has 1 aliphatic rings. The lowest BCUT2D eigenvalue weighted by Crippen LogP contribution is -2.21. The molecular formula is C44H32N4O3S. The molecule has 4 aromatic heterocycles. The quantitative estimate of drug-likeness (QED) is 0.147. The van der Waals surface area contributed by atoms with Gasteiger partial charge in [0.15, 0.2) is 0 Å². The first kappa shape index (κ1) is 31.4. The van der Waals surface area contributed by atoms with Crippen LogP contribution in [-0.4, -0.2) is 32.9 Å². The van der Waals surface area contributed by atoms with Crippen LogP contribution in [0.3, 0.4) is 0 Å². The van der Waals surface area contributed by atoms with Crippen molar-refractivity contribution in [3.05, 3.63) is 225 Å². The maximum atomic E-state index is 13.4. The lowest BCUT2D eigenvalue weighted by molar-refractivity contribution is 0.496. The molecular weight excluding hydrogens is 665 g/mol. The summed E-state index contributed by atoms with van der Waals surface area (Å²) in [5, 5.41) is 2.65. The molecule has 1 aliphatic heterocycles. The topological polar surface area (TPSA) is 118 Å². The van der Waals surface area contributed by atoms with Crippen molar-refractivity contribution >= 4 is 31.7 Å². The highest BCUT2D eigenvalue weighted by atomic mass is 32.2. The standard InChI is InChI=1S/C44H32N4O3S/c49-52(50,51)44-38-26-25-36(47-38)41(30-17-9-3-10-18-30)34-22-21-33(45-34)40(29-15-7-2-8-16-29)35-23-24-37(46-35)42(31-19-11-4-12-20-31)43-32(27-39(44)48-43)28-13-5-1-6-14-28/h1-27,45-48H,(H,49,50,51)/b40-33?,40-35-,41-34?,41-36-,42-37-,43-42?,44-38+,44-39?. The third-order valence-electron chi connectivity index (χ3n) is 9.49. The van der Waals surface area contributed by atoms with Crippen LogP contribution in [0.1, 0.15) is 39.5 Å². The lowest BCUT2D eigenvalue weighted by atomic mass is 9.96. The molecule has 0 unspecified atom stereocenters. The molecule has 0 saturated heterocycles. The van der Waals surface area contributed by atoms with Gasteiger partial charge in [-0.1, -0.05) is 121 Å². The van der Waals surface area contributed by atoms with Crippen molar-refractivity contribution in [2.24, 2.45) is 0 Å². The Labute approximate surface area is 299 Å². The van der Waals surface area contributed by atoms with Gasteiger partial charge in [-0.05, 0) is 64.7 Å². The molecule has 252 valence electrons. The number of rotatable bonds is 5. The Morgan fingerprint density at radius 2 is 0.788 bits per heavy atom. The van der Waals surface area contributed by atoms with Crippen molar-refractivity contribution in [1.29, 1.82) is 0 Å². The molecule has 0 amide bonds. The summed E-state index contributed by atoms with van der Waals surface area (Å²) in [5.74, 6) is 0. The van der Waals surface area contributed by atoms with Crippen LogP contribution in [0.15, 0.2) is 164 Å². The van der Waals surface area contributed by atoms with Gasteiger partial charge in [-0.3, -0.25) is 4.55 Å². The number of aromatic amines is 4. The van der Waals surface area contributed by atoms with Gasteiger partial charge in [-0.25, -0.2) is 0 Å². The summed E-state index contributed by atoms with van der Waals surface area (Å²) in [6.07, 6.45) is 0. The number of fused-ring (bicyclic) bond motifs is 8. The van der Waals surface area contributed by atoms with Crippen LogP contribution >= 0.6 is 0 Å². The smallest absolute Gasteiger partial charge is 0.298 e. The van der Waals surface area contributed by atoms with E-state index in [1.54, 1.807) is 12.1 Å². The highest BCUT2D eigenvalue weighted by molar-refractivity contribution is 7.95. The molecule has 0 fully saturated rings. The Morgan fingerprint density at radius 3 is 1.27 bits per heavy atom. The van der Waals surface area contributed by atoms with Crippen molar-refractivity contribution in [1.82, 2.24) is 19.9 Å². The van der Waals surface area contributed by atoms with Gasteiger partial charge in [0.2, 0.25) is 0 Å². The van der Waals surface area contributed by atoms with Crippen molar-refractivity contribution in [2.75, 3.05) is 0 Å². The van der Waals surface area contributed by atoms with Crippen molar-refractivity contribution in [3.63, 3.8) is 0 Å². The van der Waals surface area contributed by atoms with Crippen molar-refractivity contribution in [2.45, 2.75) is 0 Å². The molecule has 0 saturated carbocycles. The van der Waals surface area contributed by atoms with Crippen LogP contribution in [0.5, 0.6) is 0 Å². The lowest BCUT2D eigenvalue weighted by Gasteiger charge is -2.10. The van der Waals surface area contributed by atoms with Crippen LogP contribution < -0.4 is 21.4 Å². The summed E-state index contributed by atoms with van der Waals surface area (Å²) < 4.78 is 37.7. The van der Waals surface area contributed by atoms with E-state index in [1.165, 1.54) is 0 Å². The maximum Gasteiger partial charge on any atom is 0.298 e. The van der Waals surface area contributed by atoms with Crippen LogP contribution in [-0.2, 0) is 10.1 Å². The van der Waals surface area contributed by atoms with E-state index < -0.39 is 10.1 Å². The predicted octanol–water partition coefficient (Wildman–Crippen LogP) is 5.77. The van der Waals surface area contributed by atoms with Gasteiger partial charge >= 0.3 is 0 Å². The van der Waals surface area contributed by atoms with Gasteiger partial charge in [-0.2, -0.15) is 8.42 Å². The fourth-order valence-corrected chi connectivity index (χ4v) is 8.04. The number of hydrogen-bond acceptors (Lipinski definition) is 2. The monoisotopic (exact) mass is 696 g/mol. The largest absolute Gasteiger partial charge is 0.354 e. The fraction of sp³-hybridized carbons (Fsp3) is 0. The normalized spacial score (nSPS) is 17.2. The fourth-order valence-electron chi connectivity index (χ4n) is 7.25. The van der Waals surface area contributed by atoms with Crippen molar-refractivity contribution in [3.8, 4) is 11.1 Å². The summed E-state index contributed by atoms with van der Waals surface area (Å²) >= 11 is 0. The second-order valence-corrected chi connectivity index (χ2v) is 14.1. The summed E-state index contributed by atoms with van der Waals surface area (Å²) in [5.41, 5.74) is 9.90. The van der Waals surface area contributed by atoms with Gasteiger partial charge in [0.05, 0.1) is 16.7 Å². The third kappa shape index (κ3) is 5.56. The molecule has 5 N–H and O–H groups in total. The molecule has 8 aromatic rings. The molecule has 4 aromatic carbocycles. The molecule has 8 bridgehead atoms. The second-order valence-electron chi connectivity index (χ2n) is 12.7. The predicted molar refractivity (Wildman–Crippen MR) is 205 cm³/mol. The number of nitrogens with one attached hydrogen (secondary N) is 4. The first-order valence-corrected chi connectivity index (χ1v) is 18.4. The van der Waals surface area contributed by atoms with Gasteiger partial charge in [-0.15, -0.1) is 0 Å².